The topological polar surface area (TPSA) is 46.3 Å². The first kappa shape index (κ1) is 17.6. The fourth-order valence-electron chi connectivity index (χ4n) is 2.53. The minimum Gasteiger partial charge on any atom is -0.338 e. The van der Waals surface area contributed by atoms with Gasteiger partial charge in [0.1, 0.15) is 0 Å². The molecule has 1 aliphatic rings. The zero-order valence-electron chi connectivity index (χ0n) is 11.1. The highest BCUT2D eigenvalue weighted by molar-refractivity contribution is 6.42. The lowest BCUT2D eigenvalue weighted by atomic mass is 9.94. The summed E-state index contributed by atoms with van der Waals surface area (Å²) in [5, 5.41) is 0.890. The van der Waals surface area contributed by atoms with E-state index in [-0.39, 0.29) is 18.3 Å². The van der Waals surface area contributed by atoms with Crippen LogP contribution in [0.25, 0.3) is 0 Å². The smallest absolute Gasteiger partial charge is 0.253 e. The van der Waals surface area contributed by atoms with E-state index in [1.807, 2.05) is 4.90 Å². The van der Waals surface area contributed by atoms with Crippen LogP contribution in [0.3, 0.4) is 0 Å². The summed E-state index contributed by atoms with van der Waals surface area (Å²) < 4.78 is 0. The van der Waals surface area contributed by atoms with Crippen LogP contribution in [-0.2, 0) is 0 Å². The van der Waals surface area contributed by atoms with Crippen molar-refractivity contribution in [2.75, 3.05) is 19.6 Å². The van der Waals surface area contributed by atoms with Crippen molar-refractivity contribution in [1.82, 2.24) is 4.90 Å². The van der Waals surface area contributed by atoms with E-state index in [2.05, 4.69) is 0 Å². The summed E-state index contributed by atoms with van der Waals surface area (Å²) in [7, 11) is 0. The van der Waals surface area contributed by atoms with Crippen LogP contribution >= 0.6 is 35.6 Å². The Labute approximate surface area is 135 Å². The molecule has 0 aliphatic carbocycles. The van der Waals surface area contributed by atoms with Crippen molar-refractivity contribution in [3.63, 3.8) is 0 Å². The van der Waals surface area contributed by atoms with Gasteiger partial charge in [0.25, 0.3) is 5.91 Å². The van der Waals surface area contributed by atoms with E-state index in [9.17, 15) is 4.79 Å². The third-order valence-corrected chi connectivity index (χ3v) is 4.29. The summed E-state index contributed by atoms with van der Waals surface area (Å²) >= 11 is 11.8. The van der Waals surface area contributed by atoms with Crippen molar-refractivity contribution in [3.05, 3.63) is 33.8 Å². The van der Waals surface area contributed by atoms with Gasteiger partial charge in [-0.05, 0) is 49.9 Å². The van der Waals surface area contributed by atoms with Crippen LogP contribution in [-0.4, -0.2) is 30.4 Å². The second kappa shape index (κ2) is 8.08. The van der Waals surface area contributed by atoms with Crippen molar-refractivity contribution in [2.24, 2.45) is 11.7 Å². The highest BCUT2D eigenvalue weighted by Gasteiger charge is 2.24. The molecule has 1 aromatic rings. The SMILES string of the molecule is Cl.NCCC1CCCN(C(=O)c2ccc(Cl)c(Cl)c2)C1. The molecule has 6 heteroatoms. The number of carbonyl (C=O) groups is 1. The normalized spacial score (nSPS) is 18.6. The Bertz CT molecular complexity index is 466. The Balaban J connectivity index is 0.00000200. The van der Waals surface area contributed by atoms with Gasteiger partial charge in [-0.25, -0.2) is 0 Å². The molecule has 1 unspecified atom stereocenters. The first-order valence-corrected chi connectivity index (χ1v) is 7.32. The van der Waals surface area contributed by atoms with Crippen molar-refractivity contribution < 1.29 is 4.79 Å². The lowest BCUT2D eigenvalue weighted by Gasteiger charge is -2.32. The predicted molar refractivity (Wildman–Crippen MR) is 86.0 cm³/mol. The Morgan fingerprint density at radius 1 is 1.35 bits per heavy atom. The number of rotatable bonds is 3. The zero-order chi connectivity index (χ0) is 13.8. The fraction of sp³-hybridized carbons (Fsp3) is 0.500. The second-order valence-corrected chi connectivity index (χ2v) is 5.78. The summed E-state index contributed by atoms with van der Waals surface area (Å²) in [5.74, 6) is 0.547. The van der Waals surface area contributed by atoms with Gasteiger partial charge in [-0.15, -0.1) is 12.4 Å². The molecule has 20 heavy (non-hydrogen) atoms. The molecular formula is C14H19Cl3N2O. The van der Waals surface area contributed by atoms with Crippen LogP contribution in [0.1, 0.15) is 29.6 Å². The molecule has 0 aromatic heterocycles. The minimum absolute atomic E-state index is 0. The molecular weight excluding hydrogens is 319 g/mol. The van der Waals surface area contributed by atoms with Crippen LogP contribution in [0.15, 0.2) is 18.2 Å². The molecule has 1 atom stereocenters. The second-order valence-electron chi connectivity index (χ2n) is 4.97. The molecule has 1 amide bonds. The van der Waals surface area contributed by atoms with Gasteiger partial charge in [0.05, 0.1) is 10.0 Å². The van der Waals surface area contributed by atoms with Gasteiger partial charge in [-0.3, -0.25) is 4.79 Å². The van der Waals surface area contributed by atoms with E-state index in [0.717, 1.165) is 32.4 Å². The highest BCUT2D eigenvalue weighted by atomic mass is 35.5. The van der Waals surface area contributed by atoms with E-state index in [0.29, 0.717) is 28.1 Å². The van der Waals surface area contributed by atoms with Gasteiger partial charge >= 0.3 is 0 Å². The number of benzene rings is 1. The maximum Gasteiger partial charge on any atom is 0.253 e. The summed E-state index contributed by atoms with van der Waals surface area (Å²) in [6.45, 7) is 2.27. The van der Waals surface area contributed by atoms with Crippen molar-refractivity contribution in [3.8, 4) is 0 Å². The molecule has 2 rings (SSSR count). The van der Waals surface area contributed by atoms with Crippen LogP contribution in [0, 0.1) is 5.92 Å². The van der Waals surface area contributed by atoms with E-state index < -0.39 is 0 Å². The first-order chi connectivity index (χ1) is 9.11. The Hall–Kier alpha value is -0.480. The summed E-state index contributed by atoms with van der Waals surface area (Å²) in [6, 6.07) is 5.03. The number of hydrogen-bond donors (Lipinski definition) is 1. The number of nitrogens with zero attached hydrogens (tertiary/aromatic N) is 1. The molecule has 112 valence electrons. The van der Waals surface area contributed by atoms with E-state index in [1.54, 1.807) is 18.2 Å². The third kappa shape index (κ3) is 4.26. The molecule has 0 spiro atoms. The Morgan fingerprint density at radius 3 is 2.75 bits per heavy atom. The highest BCUT2D eigenvalue weighted by Crippen LogP contribution is 2.25. The monoisotopic (exact) mass is 336 g/mol. The minimum atomic E-state index is 0. The molecule has 0 bridgehead atoms. The van der Waals surface area contributed by atoms with Crippen LogP contribution in [0.4, 0.5) is 0 Å². The van der Waals surface area contributed by atoms with Gasteiger partial charge in [-0.2, -0.15) is 0 Å². The summed E-state index contributed by atoms with van der Waals surface area (Å²) in [5.41, 5.74) is 6.19. The summed E-state index contributed by atoms with van der Waals surface area (Å²) in [4.78, 5) is 14.3. The summed E-state index contributed by atoms with van der Waals surface area (Å²) in [6.07, 6.45) is 3.17. The maximum atomic E-state index is 12.4. The molecule has 1 fully saturated rings. The van der Waals surface area contributed by atoms with Crippen LogP contribution in [0.5, 0.6) is 0 Å². The van der Waals surface area contributed by atoms with Crippen LogP contribution in [0.2, 0.25) is 10.0 Å². The molecule has 1 aromatic carbocycles. The number of amides is 1. The van der Waals surface area contributed by atoms with E-state index >= 15 is 0 Å². The van der Waals surface area contributed by atoms with Gasteiger partial charge < -0.3 is 10.6 Å². The number of nitrogens with two attached hydrogens (primary N) is 1. The standard InChI is InChI=1S/C14H18Cl2N2O.ClH/c15-12-4-3-11(8-13(12)16)14(19)18-7-1-2-10(9-18)5-6-17;/h3-4,8,10H,1-2,5-7,9,17H2;1H. The predicted octanol–water partition coefficient (Wildman–Crippen LogP) is 3.62. The molecule has 0 radical (unpaired) electrons. The fourth-order valence-corrected chi connectivity index (χ4v) is 2.83. The van der Waals surface area contributed by atoms with Gasteiger partial charge in [0.2, 0.25) is 0 Å². The molecule has 1 heterocycles. The lowest BCUT2D eigenvalue weighted by Crippen LogP contribution is -2.40. The number of carbonyl (C=O) groups excluding carboxylic acids is 1. The van der Waals surface area contributed by atoms with Crippen molar-refractivity contribution in [1.29, 1.82) is 0 Å². The average molecular weight is 338 g/mol. The largest absolute Gasteiger partial charge is 0.338 e. The molecule has 1 aliphatic heterocycles. The maximum absolute atomic E-state index is 12.4. The van der Waals surface area contributed by atoms with Gasteiger partial charge in [-0.1, -0.05) is 23.2 Å². The van der Waals surface area contributed by atoms with E-state index in [1.165, 1.54) is 0 Å². The van der Waals surface area contributed by atoms with Gasteiger partial charge in [0.15, 0.2) is 0 Å². The van der Waals surface area contributed by atoms with Gasteiger partial charge in [0, 0.05) is 18.7 Å². The Kier molecular flexibility index (Phi) is 7.10. The molecule has 1 saturated heterocycles. The average Bonchev–Trinajstić information content (AvgIpc) is 2.42. The zero-order valence-corrected chi connectivity index (χ0v) is 13.5. The number of likely N-dealkylation sites (tertiary alicyclic amines) is 1. The Morgan fingerprint density at radius 2 is 2.10 bits per heavy atom. The lowest BCUT2D eigenvalue weighted by molar-refractivity contribution is 0.0669. The molecule has 3 nitrogen and oxygen atoms in total. The van der Waals surface area contributed by atoms with Crippen LogP contribution < -0.4 is 5.73 Å². The molecule has 2 N–H and O–H groups in total. The van der Waals surface area contributed by atoms with E-state index in [4.69, 9.17) is 28.9 Å². The number of piperidine rings is 1. The van der Waals surface area contributed by atoms with Crippen molar-refractivity contribution >= 4 is 41.5 Å². The molecule has 0 saturated carbocycles. The number of halogens is 3. The number of hydrogen-bond acceptors (Lipinski definition) is 2. The third-order valence-electron chi connectivity index (χ3n) is 3.55. The first-order valence-electron chi connectivity index (χ1n) is 6.56. The quantitative estimate of drug-likeness (QED) is 0.915. The van der Waals surface area contributed by atoms with Crippen molar-refractivity contribution in [2.45, 2.75) is 19.3 Å².